The SMILES string of the molecule is CN=C(NCc1cccc([N+](=O)[O-])c1)N1CCC(OCCCNC(=O)OC(C)(C)C)CC1.I. The normalized spacial score (nSPS) is 14.9. The standard InChI is InChI=1S/C22H35N5O5.HI/c1-22(2,3)32-21(28)24-11-6-14-31-19-9-12-26(13-10-19)20(23-4)25-16-17-7-5-8-18(15-17)27(29)30;/h5,7-8,15,19H,6,9-14,16H2,1-4H3,(H,23,25)(H,24,28);1H. The van der Waals surface area contributed by atoms with Crippen molar-refractivity contribution in [2.45, 2.75) is 58.3 Å². The van der Waals surface area contributed by atoms with Crippen LogP contribution in [0, 0.1) is 10.1 Å². The van der Waals surface area contributed by atoms with Crippen molar-refractivity contribution >= 4 is 41.7 Å². The Morgan fingerprint density at radius 2 is 1.97 bits per heavy atom. The van der Waals surface area contributed by atoms with Gasteiger partial charge in [0.25, 0.3) is 5.69 Å². The van der Waals surface area contributed by atoms with Gasteiger partial charge in [-0.15, -0.1) is 24.0 Å². The van der Waals surface area contributed by atoms with Gasteiger partial charge < -0.3 is 25.0 Å². The van der Waals surface area contributed by atoms with Crippen molar-refractivity contribution in [2.75, 3.05) is 33.3 Å². The summed E-state index contributed by atoms with van der Waals surface area (Å²) in [5, 5.41) is 17.0. The summed E-state index contributed by atoms with van der Waals surface area (Å²) in [4.78, 5) is 28.7. The Balaban J connectivity index is 0.00000544. The number of rotatable bonds is 8. The molecular formula is C22H36IN5O5. The van der Waals surface area contributed by atoms with E-state index < -0.39 is 16.6 Å². The molecule has 0 aliphatic carbocycles. The average Bonchev–Trinajstić information content (AvgIpc) is 2.74. The van der Waals surface area contributed by atoms with E-state index >= 15 is 0 Å². The van der Waals surface area contributed by atoms with E-state index in [2.05, 4.69) is 20.5 Å². The zero-order chi connectivity index (χ0) is 23.6. The van der Waals surface area contributed by atoms with Gasteiger partial charge in [-0.2, -0.15) is 0 Å². The van der Waals surface area contributed by atoms with Crippen LogP contribution in [0.5, 0.6) is 0 Å². The van der Waals surface area contributed by atoms with Crippen LogP contribution >= 0.6 is 24.0 Å². The van der Waals surface area contributed by atoms with E-state index in [1.54, 1.807) is 19.2 Å². The fraction of sp³-hybridized carbons (Fsp3) is 0.636. The third-order valence-corrected chi connectivity index (χ3v) is 4.87. The Hall–Kier alpha value is -2.15. The Kier molecular flexibility index (Phi) is 12.4. The van der Waals surface area contributed by atoms with Gasteiger partial charge in [-0.1, -0.05) is 12.1 Å². The maximum atomic E-state index is 11.6. The highest BCUT2D eigenvalue weighted by Gasteiger charge is 2.22. The zero-order valence-corrected chi connectivity index (χ0v) is 22.2. The Morgan fingerprint density at radius 3 is 2.58 bits per heavy atom. The van der Waals surface area contributed by atoms with Crippen LogP contribution in [0.2, 0.25) is 0 Å². The molecule has 33 heavy (non-hydrogen) atoms. The molecule has 1 fully saturated rings. The number of aliphatic imine (C=N–C) groups is 1. The molecule has 0 radical (unpaired) electrons. The van der Waals surface area contributed by atoms with Crippen molar-refractivity contribution < 1.29 is 19.2 Å². The van der Waals surface area contributed by atoms with Crippen LogP contribution in [0.15, 0.2) is 29.3 Å². The number of benzene rings is 1. The van der Waals surface area contributed by atoms with E-state index in [-0.39, 0.29) is 35.8 Å². The Labute approximate surface area is 212 Å². The third kappa shape index (κ3) is 11.0. The van der Waals surface area contributed by atoms with Gasteiger partial charge in [0, 0.05) is 52.0 Å². The number of nitrogens with zero attached hydrogens (tertiary/aromatic N) is 3. The number of ether oxygens (including phenoxy) is 2. The predicted octanol–water partition coefficient (Wildman–Crippen LogP) is 3.68. The van der Waals surface area contributed by atoms with Crippen molar-refractivity contribution in [3.63, 3.8) is 0 Å². The minimum absolute atomic E-state index is 0. The number of non-ortho nitro benzene ring substituents is 1. The monoisotopic (exact) mass is 577 g/mol. The molecule has 1 aliphatic rings. The van der Waals surface area contributed by atoms with E-state index in [0.717, 1.165) is 43.9 Å². The molecule has 1 heterocycles. The summed E-state index contributed by atoms with van der Waals surface area (Å²) in [5.74, 6) is 0.775. The Bertz CT molecular complexity index is 792. The van der Waals surface area contributed by atoms with Crippen LogP contribution in [0.1, 0.15) is 45.6 Å². The number of hydrogen-bond acceptors (Lipinski definition) is 6. The summed E-state index contributed by atoms with van der Waals surface area (Å²) in [5.41, 5.74) is 0.417. The maximum Gasteiger partial charge on any atom is 0.407 e. The van der Waals surface area contributed by atoms with Gasteiger partial charge in [0.2, 0.25) is 0 Å². The van der Waals surface area contributed by atoms with Crippen molar-refractivity contribution in [1.29, 1.82) is 0 Å². The lowest BCUT2D eigenvalue weighted by Crippen LogP contribution is -2.46. The predicted molar refractivity (Wildman–Crippen MR) is 138 cm³/mol. The van der Waals surface area contributed by atoms with Crippen molar-refractivity contribution in [2.24, 2.45) is 4.99 Å². The maximum absolute atomic E-state index is 11.6. The molecule has 1 saturated heterocycles. The van der Waals surface area contributed by atoms with Crippen LogP contribution in [-0.4, -0.2) is 66.9 Å². The zero-order valence-electron chi connectivity index (χ0n) is 19.8. The minimum Gasteiger partial charge on any atom is -0.444 e. The number of halogens is 1. The van der Waals surface area contributed by atoms with E-state index in [1.165, 1.54) is 6.07 Å². The molecule has 0 saturated carbocycles. The number of amides is 1. The first kappa shape index (κ1) is 28.9. The van der Waals surface area contributed by atoms with Gasteiger partial charge in [-0.3, -0.25) is 15.1 Å². The molecule has 186 valence electrons. The Morgan fingerprint density at radius 1 is 1.27 bits per heavy atom. The van der Waals surface area contributed by atoms with E-state index in [0.29, 0.717) is 19.7 Å². The number of alkyl carbamates (subject to hydrolysis) is 1. The molecule has 0 spiro atoms. The summed E-state index contributed by atoms with van der Waals surface area (Å²) < 4.78 is 11.1. The van der Waals surface area contributed by atoms with E-state index in [1.807, 2.05) is 26.8 Å². The molecule has 2 N–H and O–H groups in total. The summed E-state index contributed by atoms with van der Waals surface area (Å²) >= 11 is 0. The molecule has 0 aromatic heterocycles. The van der Waals surface area contributed by atoms with Gasteiger partial charge >= 0.3 is 6.09 Å². The number of hydrogen-bond donors (Lipinski definition) is 2. The minimum atomic E-state index is -0.497. The summed E-state index contributed by atoms with van der Waals surface area (Å²) in [6.07, 6.45) is 2.28. The number of carbonyl (C=O) groups excluding carboxylic acids is 1. The molecule has 2 rings (SSSR count). The number of nitrogens with one attached hydrogen (secondary N) is 2. The van der Waals surface area contributed by atoms with Crippen LogP contribution in [-0.2, 0) is 16.0 Å². The number of nitro benzene ring substituents is 1. The van der Waals surface area contributed by atoms with Crippen molar-refractivity contribution in [3.8, 4) is 0 Å². The van der Waals surface area contributed by atoms with Gasteiger partial charge in [0.15, 0.2) is 5.96 Å². The van der Waals surface area contributed by atoms with Crippen molar-refractivity contribution in [3.05, 3.63) is 39.9 Å². The number of nitro groups is 1. The highest BCUT2D eigenvalue weighted by atomic mass is 127. The highest BCUT2D eigenvalue weighted by molar-refractivity contribution is 14.0. The first-order valence-corrected chi connectivity index (χ1v) is 11.0. The second-order valence-corrected chi connectivity index (χ2v) is 8.67. The second-order valence-electron chi connectivity index (χ2n) is 8.67. The first-order chi connectivity index (χ1) is 15.2. The van der Waals surface area contributed by atoms with E-state index in [9.17, 15) is 14.9 Å². The van der Waals surface area contributed by atoms with Gasteiger partial charge in [0.05, 0.1) is 11.0 Å². The van der Waals surface area contributed by atoms with Gasteiger partial charge in [-0.25, -0.2) is 4.79 Å². The summed E-state index contributed by atoms with van der Waals surface area (Å²) in [6, 6.07) is 6.59. The third-order valence-electron chi connectivity index (χ3n) is 4.87. The molecule has 0 unspecified atom stereocenters. The smallest absolute Gasteiger partial charge is 0.407 e. The number of likely N-dealkylation sites (tertiary alicyclic amines) is 1. The van der Waals surface area contributed by atoms with Crippen LogP contribution < -0.4 is 10.6 Å². The molecule has 1 aliphatic heterocycles. The van der Waals surface area contributed by atoms with Gasteiger partial charge in [-0.05, 0) is 45.6 Å². The number of piperidine rings is 1. The van der Waals surface area contributed by atoms with Crippen LogP contribution in [0.4, 0.5) is 10.5 Å². The lowest BCUT2D eigenvalue weighted by atomic mass is 10.1. The molecule has 0 bridgehead atoms. The lowest BCUT2D eigenvalue weighted by molar-refractivity contribution is -0.384. The summed E-state index contributed by atoms with van der Waals surface area (Å²) in [6.45, 7) is 8.70. The molecule has 1 amide bonds. The number of guanidine groups is 1. The highest BCUT2D eigenvalue weighted by Crippen LogP contribution is 2.16. The second kappa shape index (κ2) is 14.2. The largest absolute Gasteiger partial charge is 0.444 e. The van der Waals surface area contributed by atoms with Crippen molar-refractivity contribution in [1.82, 2.24) is 15.5 Å². The first-order valence-electron chi connectivity index (χ1n) is 11.0. The molecule has 0 atom stereocenters. The van der Waals surface area contributed by atoms with Gasteiger partial charge in [0.1, 0.15) is 5.60 Å². The fourth-order valence-corrected chi connectivity index (χ4v) is 3.35. The molecular weight excluding hydrogens is 541 g/mol. The molecule has 1 aromatic carbocycles. The number of carbonyl (C=O) groups is 1. The quantitative estimate of drug-likeness (QED) is 0.121. The fourth-order valence-electron chi connectivity index (χ4n) is 3.35. The average molecular weight is 577 g/mol. The molecule has 10 nitrogen and oxygen atoms in total. The molecule has 1 aromatic rings. The van der Waals surface area contributed by atoms with E-state index in [4.69, 9.17) is 9.47 Å². The molecule has 11 heteroatoms. The topological polar surface area (TPSA) is 118 Å². The summed E-state index contributed by atoms with van der Waals surface area (Å²) in [7, 11) is 1.73. The van der Waals surface area contributed by atoms with Crippen LogP contribution in [0.3, 0.4) is 0 Å². The van der Waals surface area contributed by atoms with Crippen LogP contribution in [0.25, 0.3) is 0 Å². The lowest BCUT2D eigenvalue weighted by Gasteiger charge is -2.34.